The van der Waals surface area contributed by atoms with E-state index in [9.17, 15) is 4.39 Å². The molecule has 1 N–H and O–H groups in total. The minimum absolute atomic E-state index is 0.305. The average Bonchev–Trinajstić information content (AvgIpc) is 2.51. The predicted molar refractivity (Wildman–Crippen MR) is 85.8 cm³/mol. The van der Waals surface area contributed by atoms with E-state index < -0.39 is 0 Å². The molecule has 0 bridgehead atoms. The Hall–Kier alpha value is -1.62. The van der Waals surface area contributed by atoms with Crippen LogP contribution < -0.4 is 10.1 Å². The molecule has 0 aromatic heterocycles. The van der Waals surface area contributed by atoms with Gasteiger partial charge < -0.3 is 14.8 Å². The molecule has 3 nitrogen and oxygen atoms in total. The molecule has 0 saturated carbocycles. The van der Waals surface area contributed by atoms with Gasteiger partial charge >= 0.3 is 0 Å². The molecule has 2 aromatic carbocycles. The second-order valence-corrected chi connectivity index (χ2v) is 5.25. The van der Waals surface area contributed by atoms with Gasteiger partial charge in [-0.25, -0.2) is 4.39 Å². The Labute approximate surface area is 135 Å². The Morgan fingerprint density at radius 1 is 1.18 bits per heavy atom. The van der Waals surface area contributed by atoms with Crippen LogP contribution in [0.4, 0.5) is 4.39 Å². The zero-order valence-corrected chi connectivity index (χ0v) is 13.2. The number of rotatable bonds is 8. The van der Waals surface area contributed by atoms with E-state index in [-0.39, 0.29) is 5.82 Å². The van der Waals surface area contributed by atoms with Gasteiger partial charge in [0.15, 0.2) is 0 Å². The van der Waals surface area contributed by atoms with E-state index in [1.807, 2.05) is 24.3 Å². The summed E-state index contributed by atoms with van der Waals surface area (Å²) in [5.74, 6) is 0.407. The minimum Gasteiger partial charge on any atom is -0.489 e. The third kappa shape index (κ3) is 5.30. The summed E-state index contributed by atoms with van der Waals surface area (Å²) in [6, 6.07) is 12.1. The highest BCUT2D eigenvalue weighted by atomic mass is 35.5. The second-order valence-electron chi connectivity index (χ2n) is 4.84. The largest absolute Gasteiger partial charge is 0.489 e. The first-order valence-electron chi connectivity index (χ1n) is 7.04. The molecule has 0 atom stereocenters. The first kappa shape index (κ1) is 16.7. The third-order valence-electron chi connectivity index (χ3n) is 3.12. The van der Waals surface area contributed by atoms with Crippen molar-refractivity contribution in [3.05, 3.63) is 64.4 Å². The maximum atomic E-state index is 13.0. The van der Waals surface area contributed by atoms with Crippen molar-refractivity contribution in [1.82, 2.24) is 5.32 Å². The number of hydrogen-bond acceptors (Lipinski definition) is 3. The molecule has 118 valence electrons. The summed E-state index contributed by atoms with van der Waals surface area (Å²) in [4.78, 5) is 0. The van der Waals surface area contributed by atoms with Gasteiger partial charge in [0.1, 0.15) is 18.2 Å². The highest BCUT2D eigenvalue weighted by Crippen LogP contribution is 2.20. The predicted octanol–water partition coefficient (Wildman–Crippen LogP) is 3.79. The van der Waals surface area contributed by atoms with Crippen LogP contribution in [0.1, 0.15) is 11.1 Å². The van der Waals surface area contributed by atoms with E-state index in [4.69, 9.17) is 21.1 Å². The quantitative estimate of drug-likeness (QED) is 0.750. The Morgan fingerprint density at radius 2 is 2.05 bits per heavy atom. The van der Waals surface area contributed by atoms with Crippen molar-refractivity contribution in [1.29, 1.82) is 0 Å². The number of ether oxygens (including phenoxy) is 2. The summed E-state index contributed by atoms with van der Waals surface area (Å²) in [5, 5.41) is 3.65. The molecule has 0 radical (unpaired) electrons. The topological polar surface area (TPSA) is 30.5 Å². The fraction of sp³-hybridized carbons (Fsp3) is 0.294. The normalized spacial score (nSPS) is 10.7. The molecule has 22 heavy (non-hydrogen) atoms. The zero-order chi connectivity index (χ0) is 15.8. The minimum atomic E-state index is -0.349. The first-order chi connectivity index (χ1) is 10.7. The molecule has 2 aromatic rings. The van der Waals surface area contributed by atoms with E-state index in [0.717, 1.165) is 30.0 Å². The van der Waals surface area contributed by atoms with Crippen LogP contribution in [0.3, 0.4) is 0 Å². The summed E-state index contributed by atoms with van der Waals surface area (Å²) < 4.78 is 23.7. The smallest absolute Gasteiger partial charge is 0.124 e. The fourth-order valence-corrected chi connectivity index (χ4v) is 2.17. The van der Waals surface area contributed by atoms with Gasteiger partial charge in [0, 0.05) is 25.8 Å². The lowest BCUT2D eigenvalue weighted by Gasteiger charge is -2.10. The number of methoxy groups -OCH3 is 1. The van der Waals surface area contributed by atoms with Gasteiger partial charge in [-0.2, -0.15) is 0 Å². The standard InChI is InChI=1S/C17H19ClFNO2/c1-21-8-7-20-11-13-3-2-4-16(9-13)22-12-14-5-6-15(19)10-17(14)18/h2-6,9-10,20H,7-8,11-12H2,1H3. The number of nitrogens with one attached hydrogen (secondary N) is 1. The van der Waals surface area contributed by atoms with Crippen molar-refractivity contribution in [3.8, 4) is 5.75 Å². The molecular formula is C17H19ClFNO2. The summed E-state index contributed by atoms with van der Waals surface area (Å²) in [7, 11) is 1.68. The monoisotopic (exact) mass is 323 g/mol. The van der Waals surface area contributed by atoms with Crippen molar-refractivity contribution in [3.63, 3.8) is 0 Å². The molecule has 0 spiro atoms. The first-order valence-corrected chi connectivity index (χ1v) is 7.42. The van der Waals surface area contributed by atoms with Crippen LogP contribution in [0.15, 0.2) is 42.5 Å². The Balaban J connectivity index is 1.89. The highest BCUT2D eigenvalue weighted by Gasteiger charge is 2.04. The molecule has 0 aliphatic carbocycles. The number of hydrogen-bond donors (Lipinski definition) is 1. The van der Waals surface area contributed by atoms with Crippen LogP contribution in [-0.4, -0.2) is 20.3 Å². The van der Waals surface area contributed by atoms with Gasteiger partial charge in [0.2, 0.25) is 0 Å². The van der Waals surface area contributed by atoms with E-state index in [1.165, 1.54) is 12.1 Å². The van der Waals surface area contributed by atoms with Crippen LogP contribution in [0.2, 0.25) is 5.02 Å². The van der Waals surface area contributed by atoms with Crippen molar-refractivity contribution in [2.75, 3.05) is 20.3 Å². The Bertz CT molecular complexity index is 607. The SMILES string of the molecule is COCCNCc1cccc(OCc2ccc(F)cc2Cl)c1. The van der Waals surface area contributed by atoms with Crippen molar-refractivity contribution in [2.45, 2.75) is 13.2 Å². The van der Waals surface area contributed by atoms with Gasteiger partial charge in [-0.15, -0.1) is 0 Å². The number of halogens is 2. The van der Waals surface area contributed by atoms with E-state index in [1.54, 1.807) is 13.2 Å². The molecule has 0 aliphatic rings. The molecule has 0 unspecified atom stereocenters. The van der Waals surface area contributed by atoms with E-state index in [2.05, 4.69) is 5.32 Å². The van der Waals surface area contributed by atoms with Crippen LogP contribution in [-0.2, 0) is 17.9 Å². The summed E-state index contributed by atoms with van der Waals surface area (Å²) in [6.45, 7) is 2.53. The Morgan fingerprint density at radius 3 is 2.82 bits per heavy atom. The number of benzene rings is 2. The van der Waals surface area contributed by atoms with Crippen LogP contribution >= 0.6 is 11.6 Å². The molecule has 0 heterocycles. The van der Waals surface area contributed by atoms with Crippen LogP contribution in [0.5, 0.6) is 5.75 Å². The fourth-order valence-electron chi connectivity index (χ4n) is 1.95. The highest BCUT2D eigenvalue weighted by molar-refractivity contribution is 6.31. The lowest BCUT2D eigenvalue weighted by molar-refractivity contribution is 0.199. The van der Waals surface area contributed by atoms with Crippen molar-refractivity contribution in [2.24, 2.45) is 0 Å². The lowest BCUT2D eigenvalue weighted by Crippen LogP contribution is -2.18. The molecular weight excluding hydrogens is 305 g/mol. The second kappa shape index (κ2) is 8.73. The van der Waals surface area contributed by atoms with Crippen molar-refractivity contribution < 1.29 is 13.9 Å². The van der Waals surface area contributed by atoms with E-state index in [0.29, 0.717) is 18.2 Å². The molecule has 0 saturated heterocycles. The van der Waals surface area contributed by atoms with Gasteiger partial charge in [-0.3, -0.25) is 0 Å². The summed E-state index contributed by atoms with van der Waals surface area (Å²) >= 11 is 5.98. The Kier molecular flexibility index (Phi) is 6.65. The van der Waals surface area contributed by atoms with Crippen molar-refractivity contribution >= 4 is 11.6 Å². The molecule has 2 rings (SSSR count). The maximum absolute atomic E-state index is 13.0. The van der Waals surface area contributed by atoms with Gasteiger partial charge in [0.25, 0.3) is 0 Å². The zero-order valence-electron chi connectivity index (χ0n) is 12.4. The maximum Gasteiger partial charge on any atom is 0.124 e. The summed E-state index contributed by atoms with van der Waals surface area (Å²) in [5.41, 5.74) is 1.88. The average molecular weight is 324 g/mol. The third-order valence-corrected chi connectivity index (χ3v) is 3.47. The molecule has 5 heteroatoms. The van der Waals surface area contributed by atoms with E-state index >= 15 is 0 Å². The summed E-state index contributed by atoms with van der Waals surface area (Å²) in [6.07, 6.45) is 0. The van der Waals surface area contributed by atoms with Crippen LogP contribution in [0.25, 0.3) is 0 Å². The molecule has 0 aliphatic heterocycles. The van der Waals surface area contributed by atoms with Gasteiger partial charge in [-0.05, 0) is 29.8 Å². The molecule has 0 amide bonds. The van der Waals surface area contributed by atoms with Gasteiger partial charge in [-0.1, -0.05) is 29.8 Å². The lowest BCUT2D eigenvalue weighted by atomic mass is 10.2. The van der Waals surface area contributed by atoms with Gasteiger partial charge in [0.05, 0.1) is 11.6 Å². The van der Waals surface area contributed by atoms with Crippen LogP contribution in [0, 0.1) is 5.82 Å². The molecule has 0 fully saturated rings.